The van der Waals surface area contributed by atoms with Crippen LogP contribution in [0.4, 0.5) is 10.1 Å². The quantitative estimate of drug-likeness (QED) is 0.596. The smallest absolute Gasteiger partial charge is 0.123 e. The van der Waals surface area contributed by atoms with Crippen LogP contribution in [0.25, 0.3) is 0 Å². The maximum atomic E-state index is 13.2. The van der Waals surface area contributed by atoms with Crippen LogP contribution in [0.3, 0.4) is 0 Å². The molecule has 2 aliphatic carbocycles. The molecule has 0 aromatic heterocycles. The van der Waals surface area contributed by atoms with E-state index in [9.17, 15) is 4.39 Å². The van der Waals surface area contributed by atoms with Crippen LogP contribution in [0, 0.1) is 28.5 Å². The van der Waals surface area contributed by atoms with Crippen molar-refractivity contribution < 1.29 is 4.39 Å². The number of benzene rings is 1. The first-order valence-electron chi connectivity index (χ1n) is 10.2. The lowest BCUT2D eigenvalue weighted by Gasteiger charge is -2.40. The van der Waals surface area contributed by atoms with Gasteiger partial charge < -0.3 is 10.7 Å². The summed E-state index contributed by atoms with van der Waals surface area (Å²) in [5.74, 6) is 0.438. The average molecular weight is 370 g/mol. The Balaban J connectivity index is 1.86. The van der Waals surface area contributed by atoms with Crippen molar-refractivity contribution in [3.63, 3.8) is 0 Å². The molecule has 27 heavy (non-hydrogen) atoms. The molecule has 1 aromatic carbocycles. The van der Waals surface area contributed by atoms with Crippen LogP contribution in [-0.2, 0) is 0 Å². The van der Waals surface area contributed by atoms with Crippen LogP contribution in [0.2, 0.25) is 0 Å². The number of hydrogen-bond acceptors (Lipinski definition) is 3. The van der Waals surface area contributed by atoms with Crippen molar-refractivity contribution in [2.75, 3.05) is 7.05 Å². The van der Waals surface area contributed by atoms with Gasteiger partial charge in [0.25, 0.3) is 0 Å². The molecule has 4 unspecified atom stereocenters. The summed E-state index contributed by atoms with van der Waals surface area (Å²) < 4.78 is 13.2. The maximum Gasteiger partial charge on any atom is 0.123 e. The van der Waals surface area contributed by atoms with Crippen LogP contribution in [0.5, 0.6) is 0 Å². The van der Waals surface area contributed by atoms with Crippen molar-refractivity contribution in [1.82, 2.24) is 5.32 Å². The third-order valence-electron chi connectivity index (χ3n) is 6.64. The first-order chi connectivity index (χ1) is 13.0. The van der Waals surface area contributed by atoms with Crippen LogP contribution < -0.4 is 5.32 Å². The van der Waals surface area contributed by atoms with Gasteiger partial charge in [-0.05, 0) is 80.8 Å². The van der Waals surface area contributed by atoms with Crippen LogP contribution >= 0.6 is 0 Å². The minimum Gasteiger partial charge on any atom is -0.317 e. The van der Waals surface area contributed by atoms with Gasteiger partial charge in [0.15, 0.2) is 0 Å². The Morgan fingerprint density at radius 2 is 2.11 bits per heavy atom. The fourth-order valence-corrected chi connectivity index (χ4v) is 4.95. The number of nitrogens with zero attached hydrogens (tertiary/aromatic N) is 1. The first kappa shape index (κ1) is 19.9. The van der Waals surface area contributed by atoms with Crippen molar-refractivity contribution in [2.24, 2.45) is 22.2 Å². The van der Waals surface area contributed by atoms with Gasteiger partial charge in [0.2, 0.25) is 0 Å². The molecule has 3 rings (SSSR count). The predicted molar refractivity (Wildman–Crippen MR) is 112 cm³/mol. The molecule has 2 N–H and O–H groups in total. The molecule has 4 heteroatoms. The summed E-state index contributed by atoms with van der Waals surface area (Å²) in [6.45, 7) is 4.64. The Hall–Kier alpha value is -1.81. The highest BCUT2D eigenvalue weighted by molar-refractivity contribution is 6.07. The molecule has 1 saturated carbocycles. The Morgan fingerprint density at radius 3 is 2.74 bits per heavy atom. The summed E-state index contributed by atoms with van der Waals surface area (Å²) in [4.78, 5) is 4.74. The SMILES string of the molecule is CCCC(CC1CCC2=CC(=Nc3ccc(F)cc3)C(C=N)CC21C)NC. The molecule has 0 amide bonds. The second-order valence-electron chi connectivity index (χ2n) is 8.32. The van der Waals surface area contributed by atoms with E-state index in [1.807, 2.05) is 0 Å². The Labute approximate surface area is 162 Å². The highest BCUT2D eigenvalue weighted by Crippen LogP contribution is 2.55. The Bertz CT molecular complexity index is 722. The minimum atomic E-state index is -0.248. The summed E-state index contributed by atoms with van der Waals surface area (Å²) in [5, 5.41) is 11.5. The molecule has 0 heterocycles. The summed E-state index contributed by atoms with van der Waals surface area (Å²) in [6, 6.07) is 6.86. The highest BCUT2D eigenvalue weighted by Gasteiger charge is 2.47. The largest absolute Gasteiger partial charge is 0.317 e. The molecule has 0 spiro atoms. The molecule has 0 aliphatic heterocycles. The third kappa shape index (κ3) is 4.21. The number of halogens is 1. The predicted octanol–water partition coefficient (Wildman–Crippen LogP) is 5.69. The monoisotopic (exact) mass is 369 g/mol. The van der Waals surface area contributed by atoms with Gasteiger partial charge in [-0.3, -0.25) is 4.99 Å². The zero-order chi connectivity index (χ0) is 19.4. The lowest BCUT2D eigenvalue weighted by atomic mass is 9.65. The van der Waals surface area contributed by atoms with Gasteiger partial charge in [0.05, 0.1) is 5.69 Å². The number of fused-ring (bicyclic) bond motifs is 1. The highest BCUT2D eigenvalue weighted by atomic mass is 19.1. The zero-order valence-electron chi connectivity index (χ0n) is 16.8. The topological polar surface area (TPSA) is 48.2 Å². The molecular weight excluding hydrogens is 337 g/mol. The van der Waals surface area contributed by atoms with Crippen LogP contribution in [0.15, 0.2) is 40.9 Å². The van der Waals surface area contributed by atoms with E-state index in [4.69, 9.17) is 10.4 Å². The van der Waals surface area contributed by atoms with Gasteiger partial charge in [-0.2, -0.15) is 0 Å². The molecule has 1 aromatic rings. The summed E-state index contributed by atoms with van der Waals surface area (Å²) in [6.07, 6.45) is 10.7. The van der Waals surface area contributed by atoms with E-state index in [0.29, 0.717) is 12.0 Å². The number of allylic oxidation sites excluding steroid dienone is 2. The number of aliphatic imine (C=N–C) groups is 1. The molecule has 146 valence electrons. The molecular formula is C23H32FN3. The van der Waals surface area contributed by atoms with Crippen LogP contribution in [-0.4, -0.2) is 25.0 Å². The summed E-state index contributed by atoms with van der Waals surface area (Å²) in [7, 11) is 2.07. The van der Waals surface area contributed by atoms with E-state index in [0.717, 1.165) is 24.2 Å². The molecule has 4 atom stereocenters. The fourth-order valence-electron chi connectivity index (χ4n) is 4.95. The van der Waals surface area contributed by atoms with Crippen molar-refractivity contribution in [3.05, 3.63) is 41.7 Å². The second-order valence-corrected chi connectivity index (χ2v) is 8.32. The van der Waals surface area contributed by atoms with Crippen molar-refractivity contribution in [2.45, 2.75) is 58.4 Å². The van der Waals surface area contributed by atoms with Gasteiger partial charge in [0.1, 0.15) is 5.82 Å². The van der Waals surface area contributed by atoms with E-state index in [1.54, 1.807) is 12.1 Å². The van der Waals surface area contributed by atoms with Crippen LogP contribution in [0.1, 0.15) is 52.4 Å². The molecule has 1 fully saturated rings. The lowest BCUT2D eigenvalue weighted by molar-refractivity contribution is 0.210. The number of nitrogens with one attached hydrogen (secondary N) is 2. The summed E-state index contributed by atoms with van der Waals surface area (Å²) in [5.41, 5.74) is 3.35. The molecule has 3 nitrogen and oxygen atoms in total. The molecule has 0 radical (unpaired) electrons. The number of rotatable bonds is 7. The van der Waals surface area contributed by atoms with E-state index < -0.39 is 0 Å². The standard InChI is InChI=1S/C23H32FN3/c1-4-5-21(26-3)12-17-6-7-18-13-22(16(15-25)14-23(17,18)2)27-20-10-8-19(24)9-11-20/h8-11,13,15-17,21,25-26H,4-7,12,14H2,1-3H3. The van der Waals surface area contributed by atoms with E-state index in [1.165, 1.54) is 49.6 Å². The molecule has 2 aliphatic rings. The van der Waals surface area contributed by atoms with Gasteiger partial charge in [-0.1, -0.05) is 25.8 Å². The molecule has 0 bridgehead atoms. The zero-order valence-corrected chi connectivity index (χ0v) is 16.8. The second kappa shape index (κ2) is 8.47. The van der Waals surface area contributed by atoms with E-state index in [-0.39, 0.29) is 17.2 Å². The van der Waals surface area contributed by atoms with Gasteiger partial charge in [-0.25, -0.2) is 4.39 Å². The lowest BCUT2D eigenvalue weighted by Crippen LogP contribution is -2.37. The normalized spacial score (nSPS) is 30.1. The minimum absolute atomic E-state index is 0.0311. The summed E-state index contributed by atoms with van der Waals surface area (Å²) >= 11 is 0. The van der Waals surface area contributed by atoms with Crippen molar-refractivity contribution in [1.29, 1.82) is 5.41 Å². The molecule has 0 saturated heterocycles. The first-order valence-corrected chi connectivity index (χ1v) is 10.2. The average Bonchev–Trinajstić information content (AvgIpc) is 2.98. The third-order valence-corrected chi connectivity index (χ3v) is 6.64. The Kier molecular flexibility index (Phi) is 6.25. The van der Waals surface area contributed by atoms with Gasteiger partial charge in [0, 0.05) is 23.9 Å². The number of hydrogen-bond donors (Lipinski definition) is 2. The van der Waals surface area contributed by atoms with E-state index >= 15 is 0 Å². The Morgan fingerprint density at radius 1 is 1.37 bits per heavy atom. The fraction of sp³-hybridized carbons (Fsp3) is 0.565. The van der Waals surface area contributed by atoms with Crippen molar-refractivity contribution >= 4 is 17.6 Å². The maximum absolute atomic E-state index is 13.2. The van der Waals surface area contributed by atoms with Crippen molar-refractivity contribution in [3.8, 4) is 0 Å². The van der Waals surface area contributed by atoms with E-state index in [2.05, 4.69) is 32.3 Å². The van der Waals surface area contributed by atoms with Gasteiger partial charge >= 0.3 is 0 Å². The van der Waals surface area contributed by atoms with Gasteiger partial charge in [-0.15, -0.1) is 0 Å².